The lowest BCUT2D eigenvalue weighted by Gasteiger charge is -2.11. The van der Waals surface area contributed by atoms with Gasteiger partial charge in [0.2, 0.25) is 0 Å². The fourth-order valence-corrected chi connectivity index (χ4v) is 1.55. The number of Topliss-reactive ketones (excluding diaryl/α,β-unsaturated/α-hetero) is 1. The molecule has 0 bridgehead atoms. The number of carbonyl (C=O) groups excluding carboxylic acids is 1. The van der Waals surface area contributed by atoms with Crippen LogP contribution in [0, 0.1) is 10.1 Å². The molecule has 1 aromatic rings. The van der Waals surface area contributed by atoms with Crippen LogP contribution in [0.2, 0.25) is 0 Å². The van der Waals surface area contributed by atoms with E-state index in [4.69, 9.17) is 9.84 Å². The fraction of sp³-hybridized carbons (Fsp3) is 0.417. The van der Waals surface area contributed by atoms with Crippen molar-refractivity contribution in [3.63, 3.8) is 0 Å². The number of ether oxygens (including phenoxy) is 1. The van der Waals surface area contributed by atoms with E-state index in [1.54, 1.807) is 0 Å². The average Bonchev–Trinajstić information content (AvgIpc) is 2.38. The maximum absolute atomic E-state index is 11.4. The Bertz CT molecular complexity index is 485. The van der Waals surface area contributed by atoms with Crippen LogP contribution < -0.4 is 4.74 Å². The molecule has 1 aromatic carbocycles. The van der Waals surface area contributed by atoms with Gasteiger partial charge in [0.25, 0.3) is 5.69 Å². The quantitative estimate of drug-likeness (QED) is 0.331. The summed E-state index contributed by atoms with van der Waals surface area (Å²) >= 11 is 0. The second-order valence-electron chi connectivity index (χ2n) is 3.87. The number of benzene rings is 1. The third kappa shape index (κ3) is 3.73. The van der Waals surface area contributed by atoms with Crippen molar-refractivity contribution < 1.29 is 24.7 Å². The summed E-state index contributed by atoms with van der Waals surface area (Å²) in [6.45, 7) is 0.921. The first-order valence-electron chi connectivity index (χ1n) is 5.68. The third-order valence-corrected chi connectivity index (χ3v) is 2.49. The van der Waals surface area contributed by atoms with Crippen molar-refractivity contribution in [2.45, 2.75) is 20.0 Å². The number of aliphatic hydroxyl groups excluding tert-OH is 2. The van der Waals surface area contributed by atoms with Crippen molar-refractivity contribution in [2.75, 3.05) is 13.2 Å². The summed E-state index contributed by atoms with van der Waals surface area (Å²) in [6.07, 6.45) is 0.368. The van der Waals surface area contributed by atoms with Crippen LogP contribution in [0.25, 0.3) is 0 Å². The van der Waals surface area contributed by atoms with E-state index >= 15 is 0 Å². The van der Waals surface area contributed by atoms with E-state index in [2.05, 4.69) is 0 Å². The predicted octanol–water partition coefficient (Wildman–Crippen LogP) is 1.05. The monoisotopic (exact) mass is 269 g/mol. The van der Waals surface area contributed by atoms with Gasteiger partial charge in [-0.25, -0.2) is 0 Å². The number of carbonyl (C=O) groups is 1. The number of hydrogen-bond donors (Lipinski definition) is 2. The first-order chi connectivity index (χ1) is 9.01. The van der Waals surface area contributed by atoms with Crippen molar-refractivity contribution in [3.05, 3.63) is 33.4 Å². The molecule has 7 nitrogen and oxygen atoms in total. The van der Waals surface area contributed by atoms with Crippen LogP contribution in [0.1, 0.15) is 29.3 Å². The van der Waals surface area contributed by atoms with Gasteiger partial charge in [0.05, 0.1) is 29.8 Å². The molecule has 104 valence electrons. The molecule has 0 spiro atoms. The van der Waals surface area contributed by atoms with Gasteiger partial charge < -0.3 is 14.9 Å². The van der Waals surface area contributed by atoms with Crippen molar-refractivity contribution in [2.24, 2.45) is 0 Å². The number of nitrogens with zero attached hydrogens (tertiary/aromatic N) is 1. The summed E-state index contributed by atoms with van der Waals surface area (Å²) in [5.41, 5.74) is -0.124. The molecule has 0 aliphatic heterocycles. The van der Waals surface area contributed by atoms with E-state index in [0.29, 0.717) is 12.0 Å². The van der Waals surface area contributed by atoms with E-state index in [9.17, 15) is 20.0 Å². The molecule has 0 aliphatic rings. The lowest BCUT2D eigenvalue weighted by molar-refractivity contribution is -0.385. The maximum Gasteiger partial charge on any atom is 0.283 e. The number of nitro groups is 1. The highest BCUT2D eigenvalue weighted by Crippen LogP contribution is 2.29. The van der Waals surface area contributed by atoms with E-state index in [0.717, 1.165) is 6.07 Å². The van der Waals surface area contributed by atoms with Gasteiger partial charge in [-0.1, -0.05) is 0 Å². The Morgan fingerprint density at radius 2 is 2.11 bits per heavy atom. The average molecular weight is 269 g/mol. The Kier molecular flexibility index (Phi) is 5.40. The molecule has 1 rings (SSSR count). The minimum Gasteiger partial charge on any atom is -0.493 e. The van der Waals surface area contributed by atoms with Gasteiger partial charge in [0.1, 0.15) is 5.75 Å². The van der Waals surface area contributed by atoms with Gasteiger partial charge in [0.15, 0.2) is 5.78 Å². The van der Waals surface area contributed by atoms with Gasteiger partial charge in [0, 0.05) is 18.6 Å². The normalized spacial score (nSPS) is 10.3. The molecule has 0 saturated heterocycles. The van der Waals surface area contributed by atoms with Crippen LogP contribution in [0.15, 0.2) is 12.1 Å². The molecule has 2 N–H and O–H groups in total. The first-order valence-corrected chi connectivity index (χ1v) is 5.68. The molecule has 0 radical (unpaired) electrons. The largest absolute Gasteiger partial charge is 0.493 e. The van der Waals surface area contributed by atoms with E-state index in [1.807, 2.05) is 0 Å². The zero-order valence-corrected chi connectivity index (χ0v) is 10.5. The summed E-state index contributed by atoms with van der Waals surface area (Å²) in [5, 5.41) is 28.8. The summed E-state index contributed by atoms with van der Waals surface area (Å²) < 4.78 is 5.26. The van der Waals surface area contributed by atoms with Gasteiger partial charge in [-0.15, -0.1) is 0 Å². The van der Waals surface area contributed by atoms with Gasteiger partial charge >= 0.3 is 0 Å². The van der Waals surface area contributed by atoms with E-state index in [-0.39, 0.29) is 30.2 Å². The number of nitro benzene ring substituents is 1. The zero-order chi connectivity index (χ0) is 14.4. The van der Waals surface area contributed by atoms with Gasteiger partial charge in [-0.2, -0.15) is 0 Å². The molecule has 0 atom stereocenters. The molecular weight excluding hydrogens is 254 g/mol. The number of rotatable bonds is 7. The summed E-state index contributed by atoms with van der Waals surface area (Å²) in [4.78, 5) is 21.6. The van der Waals surface area contributed by atoms with E-state index in [1.165, 1.54) is 13.0 Å². The number of hydrogen-bond acceptors (Lipinski definition) is 6. The standard InChI is InChI=1S/C12H15NO6/c1-8(16)10-5-9(7-15)12(19-4-2-3-14)6-11(10)13(17)18/h5-6,14-15H,2-4,7H2,1H3. The second-order valence-corrected chi connectivity index (χ2v) is 3.87. The highest BCUT2D eigenvalue weighted by Gasteiger charge is 2.21. The Morgan fingerprint density at radius 3 is 2.58 bits per heavy atom. The smallest absolute Gasteiger partial charge is 0.283 e. The molecule has 0 amide bonds. The van der Waals surface area contributed by atoms with Gasteiger partial charge in [-0.3, -0.25) is 14.9 Å². The Labute approximate surface area is 109 Å². The molecule has 0 saturated carbocycles. The summed E-state index contributed by atoms with van der Waals surface area (Å²) in [6, 6.07) is 2.38. The molecule has 0 fully saturated rings. The highest BCUT2D eigenvalue weighted by molar-refractivity contribution is 5.98. The number of aliphatic hydroxyl groups is 2. The van der Waals surface area contributed by atoms with Crippen LogP contribution in [0.3, 0.4) is 0 Å². The van der Waals surface area contributed by atoms with Crippen LogP contribution in [-0.4, -0.2) is 34.1 Å². The first kappa shape index (κ1) is 15.1. The highest BCUT2D eigenvalue weighted by atomic mass is 16.6. The van der Waals surface area contributed by atoms with Crippen molar-refractivity contribution in [1.29, 1.82) is 0 Å². The van der Waals surface area contributed by atoms with Crippen LogP contribution >= 0.6 is 0 Å². The van der Waals surface area contributed by atoms with Gasteiger partial charge in [-0.05, 0) is 13.0 Å². The Hall–Kier alpha value is -1.99. The van der Waals surface area contributed by atoms with Crippen molar-refractivity contribution in [3.8, 4) is 5.75 Å². The molecule has 0 unspecified atom stereocenters. The predicted molar refractivity (Wildman–Crippen MR) is 66.2 cm³/mol. The summed E-state index contributed by atoms with van der Waals surface area (Å²) in [5.74, 6) is -0.309. The molecular formula is C12H15NO6. The third-order valence-electron chi connectivity index (χ3n) is 2.49. The molecule has 7 heteroatoms. The molecule has 0 aromatic heterocycles. The molecule has 0 heterocycles. The Morgan fingerprint density at radius 1 is 1.42 bits per heavy atom. The second kappa shape index (κ2) is 6.81. The van der Waals surface area contributed by atoms with E-state index < -0.39 is 17.3 Å². The van der Waals surface area contributed by atoms with Crippen molar-refractivity contribution in [1.82, 2.24) is 0 Å². The summed E-state index contributed by atoms with van der Waals surface area (Å²) in [7, 11) is 0. The lowest BCUT2D eigenvalue weighted by Crippen LogP contribution is -2.06. The minimum atomic E-state index is -0.670. The van der Waals surface area contributed by atoms with Crippen LogP contribution in [0.5, 0.6) is 5.75 Å². The SMILES string of the molecule is CC(=O)c1cc(CO)c(OCCCO)cc1[N+](=O)[O-]. The van der Waals surface area contributed by atoms with Crippen molar-refractivity contribution >= 4 is 11.5 Å². The zero-order valence-electron chi connectivity index (χ0n) is 10.5. The minimum absolute atomic E-state index is 0.0661. The molecule has 0 aliphatic carbocycles. The number of ketones is 1. The van der Waals surface area contributed by atoms with Crippen LogP contribution in [0.4, 0.5) is 5.69 Å². The maximum atomic E-state index is 11.4. The van der Waals surface area contributed by atoms with Crippen LogP contribution in [-0.2, 0) is 6.61 Å². The lowest BCUT2D eigenvalue weighted by atomic mass is 10.0. The topological polar surface area (TPSA) is 110 Å². The Balaban J connectivity index is 3.19. The fourth-order valence-electron chi connectivity index (χ4n) is 1.55. The molecule has 19 heavy (non-hydrogen) atoms.